The molecule has 1 aromatic rings. The lowest BCUT2D eigenvalue weighted by atomic mass is 10.3. The Labute approximate surface area is 84.7 Å². The molecule has 1 aromatic heterocycles. The molecule has 4 nitrogen and oxygen atoms in total. The Morgan fingerprint density at radius 3 is 2.86 bits per heavy atom. The number of nitrogens with zero attached hydrogens (tertiary/aromatic N) is 2. The Kier molecular flexibility index (Phi) is 4.32. The summed E-state index contributed by atoms with van der Waals surface area (Å²) in [4.78, 5) is 8.68. The average Bonchev–Trinajstić information content (AvgIpc) is 2.14. The molecule has 0 atom stereocenters. The van der Waals surface area contributed by atoms with E-state index in [-0.39, 0.29) is 0 Å². The third-order valence-electron chi connectivity index (χ3n) is 1.79. The van der Waals surface area contributed by atoms with Gasteiger partial charge in [-0.2, -0.15) is 0 Å². The molecule has 0 unspecified atom stereocenters. The lowest BCUT2D eigenvalue weighted by Crippen LogP contribution is -2.06. The van der Waals surface area contributed by atoms with Crippen molar-refractivity contribution in [3.63, 3.8) is 0 Å². The van der Waals surface area contributed by atoms with Crippen LogP contribution in [0.2, 0.25) is 0 Å². The first-order valence-electron chi connectivity index (χ1n) is 4.83. The summed E-state index contributed by atoms with van der Waals surface area (Å²) in [6.07, 6.45) is 0.760. The maximum Gasteiger partial charge on any atom is 0.133 e. The van der Waals surface area contributed by atoms with E-state index in [9.17, 15) is 0 Å². The molecule has 0 saturated heterocycles. The molecular formula is C10H17N3O. The molecule has 0 saturated carbocycles. The fraction of sp³-hybridized carbons (Fsp3) is 0.600. The van der Waals surface area contributed by atoms with Crippen molar-refractivity contribution in [3.8, 4) is 0 Å². The summed E-state index contributed by atoms with van der Waals surface area (Å²) in [6, 6.07) is 1.94. The van der Waals surface area contributed by atoms with Crippen LogP contribution in [0.25, 0.3) is 0 Å². The monoisotopic (exact) mass is 195 g/mol. The third kappa shape index (κ3) is 3.30. The zero-order chi connectivity index (χ0) is 10.4. The highest BCUT2D eigenvalue weighted by Crippen LogP contribution is 2.06. The summed E-state index contributed by atoms with van der Waals surface area (Å²) in [5.41, 5.74) is 0.988. The van der Waals surface area contributed by atoms with Crippen LogP contribution < -0.4 is 5.32 Å². The van der Waals surface area contributed by atoms with Gasteiger partial charge < -0.3 is 10.1 Å². The van der Waals surface area contributed by atoms with Crippen LogP contribution in [0.15, 0.2) is 6.07 Å². The average molecular weight is 195 g/mol. The maximum atomic E-state index is 4.99. The molecule has 1 rings (SSSR count). The van der Waals surface area contributed by atoms with Crippen LogP contribution in [0.3, 0.4) is 0 Å². The lowest BCUT2D eigenvalue weighted by Gasteiger charge is -2.06. The van der Waals surface area contributed by atoms with Gasteiger partial charge in [-0.15, -0.1) is 0 Å². The predicted molar refractivity (Wildman–Crippen MR) is 56.5 cm³/mol. The van der Waals surface area contributed by atoms with Gasteiger partial charge in [-0.1, -0.05) is 0 Å². The van der Waals surface area contributed by atoms with Crippen LogP contribution >= 0.6 is 0 Å². The first-order valence-corrected chi connectivity index (χ1v) is 4.83. The van der Waals surface area contributed by atoms with Gasteiger partial charge in [0.25, 0.3) is 0 Å². The van der Waals surface area contributed by atoms with E-state index in [2.05, 4.69) is 15.3 Å². The minimum Gasteiger partial charge on any atom is -0.384 e. The van der Waals surface area contributed by atoms with E-state index in [1.54, 1.807) is 7.11 Å². The first kappa shape index (κ1) is 10.9. The second-order valence-electron chi connectivity index (χ2n) is 3.08. The van der Waals surface area contributed by atoms with Crippen LogP contribution in [0.1, 0.15) is 18.4 Å². The van der Waals surface area contributed by atoms with E-state index in [4.69, 9.17) is 4.74 Å². The van der Waals surface area contributed by atoms with Crippen molar-refractivity contribution in [2.24, 2.45) is 0 Å². The highest BCUT2D eigenvalue weighted by molar-refractivity contribution is 5.35. The van der Waals surface area contributed by atoms with Crippen molar-refractivity contribution in [3.05, 3.63) is 17.6 Å². The summed E-state index contributed by atoms with van der Waals surface area (Å²) in [5.74, 6) is 1.73. The van der Waals surface area contributed by atoms with Crippen molar-refractivity contribution in [2.75, 3.05) is 25.6 Å². The van der Waals surface area contributed by atoms with Crippen molar-refractivity contribution >= 4 is 5.82 Å². The van der Waals surface area contributed by atoms with E-state index in [0.29, 0.717) is 6.61 Å². The SMILES string of the molecule is CCNc1cc(C)nc(CCOC)n1. The van der Waals surface area contributed by atoms with Gasteiger partial charge in [0, 0.05) is 31.8 Å². The summed E-state index contributed by atoms with van der Waals surface area (Å²) >= 11 is 0. The molecule has 78 valence electrons. The highest BCUT2D eigenvalue weighted by Gasteiger charge is 2.00. The van der Waals surface area contributed by atoms with Gasteiger partial charge in [-0.05, 0) is 13.8 Å². The van der Waals surface area contributed by atoms with E-state index < -0.39 is 0 Å². The van der Waals surface area contributed by atoms with Gasteiger partial charge in [-0.25, -0.2) is 9.97 Å². The largest absolute Gasteiger partial charge is 0.384 e. The summed E-state index contributed by atoms with van der Waals surface area (Å²) in [6.45, 7) is 5.56. The number of hydrogen-bond donors (Lipinski definition) is 1. The Bertz CT molecular complexity index is 289. The summed E-state index contributed by atoms with van der Waals surface area (Å²) in [5, 5.41) is 3.17. The number of aromatic nitrogens is 2. The van der Waals surface area contributed by atoms with Crippen LogP contribution in [0.5, 0.6) is 0 Å². The van der Waals surface area contributed by atoms with Crippen LogP contribution in [-0.2, 0) is 11.2 Å². The smallest absolute Gasteiger partial charge is 0.133 e. The van der Waals surface area contributed by atoms with Crippen LogP contribution in [0, 0.1) is 6.92 Å². The lowest BCUT2D eigenvalue weighted by molar-refractivity contribution is 0.200. The number of methoxy groups -OCH3 is 1. The van der Waals surface area contributed by atoms with Crippen molar-refractivity contribution < 1.29 is 4.74 Å². The number of nitrogens with one attached hydrogen (secondary N) is 1. The van der Waals surface area contributed by atoms with E-state index in [1.807, 2.05) is 19.9 Å². The molecule has 4 heteroatoms. The second-order valence-corrected chi connectivity index (χ2v) is 3.08. The van der Waals surface area contributed by atoms with Gasteiger partial charge in [0.2, 0.25) is 0 Å². The normalized spacial score (nSPS) is 10.2. The molecule has 0 spiro atoms. The van der Waals surface area contributed by atoms with Crippen LogP contribution in [-0.4, -0.2) is 30.2 Å². The van der Waals surface area contributed by atoms with E-state index >= 15 is 0 Å². The standard InChI is InChI=1S/C10H17N3O/c1-4-11-10-7-8(2)12-9(13-10)5-6-14-3/h7H,4-6H2,1-3H3,(H,11,12,13). The molecule has 14 heavy (non-hydrogen) atoms. The van der Waals surface area contributed by atoms with Gasteiger partial charge in [-0.3, -0.25) is 0 Å². The molecule has 0 aliphatic heterocycles. The molecule has 0 amide bonds. The summed E-state index contributed by atoms with van der Waals surface area (Å²) < 4.78 is 4.99. The molecule has 0 aromatic carbocycles. The molecule has 0 aliphatic rings. The van der Waals surface area contributed by atoms with Gasteiger partial charge >= 0.3 is 0 Å². The molecule has 0 aliphatic carbocycles. The van der Waals surface area contributed by atoms with Crippen molar-refractivity contribution in [1.82, 2.24) is 9.97 Å². The highest BCUT2D eigenvalue weighted by atomic mass is 16.5. The predicted octanol–water partition coefficient (Wildman–Crippen LogP) is 1.41. The molecule has 0 bridgehead atoms. The molecular weight excluding hydrogens is 178 g/mol. The Balaban J connectivity index is 2.73. The number of aryl methyl sites for hydroxylation is 1. The Morgan fingerprint density at radius 1 is 1.43 bits per heavy atom. The first-order chi connectivity index (χ1) is 6.76. The number of rotatable bonds is 5. The van der Waals surface area contributed by atoms with Crippen LogP contribution in [0.4, 0.5) is 5.82 Å². The Hall–Kier alpha value is -1.16. The topological polar surface area (TPSA) is 47.0 Å². The summed E-state index contributed by atoms with van der Waals surface area (Å²) in [7, 11) is 1.68. The van der Waals surface area contributed by atoms with Gasteiger partial charge in [0.1, 0.15) is 11.6 Å². The minimum atomic E-state index is 0.662. The number of hydrogen-bond acceptors (Lipinski definition) is 4. The zero-order valence-electron chi connectivity index (χ0n) is 9.00. The fourth-order valence-corrected chi connectivity index (χ4v) is 1.21. The fourth-order valence-electron chi connectivity index (χ4n) is 1.21. The molecule has 1 heterocycles. The van der Waals surface area contributed by atoms with E-state index in [0.717, 1.165) is 30.3 Å². The van der Waals surface area contributed by atoms with Crippen molar-refractivity contribution in [1.29, 1.82) is 0 Å². The number of anilines is 1. The Morgan fingerprint density at radius 2 is 2.21 bits per heavy atom. The third-order valence-corrected chi connectivity index (χ3v) is 1.79. The zero-order valence-corrected chi connectivity index (χ0v) is 9.00. The van der Waals surface area contributed by atoms with Gasteiger partial charge in [0.15, 0.2) is 0 Å². The molecule has 0 radical (unpaired) electrons. The minimum absolute atomic E-state index is 0.662. The van der Waals surface area contributed by atoms with Crippen molar-refractivity contribution in [2.45, 2.75) is 20.3 Å². The van der Waals surface area contributed by atoms with E-state index in [1.165, 1.54) is 0 Å². The number of ether oxygens (including phenoxy) is 1. The van der Waals surface area contributed by atoms with Gasteiger partial charge in [0.05, 0.1) is 6.61 Å². The maximum absolute atomic E-state index is 4.99. The molecule has 0 fully saturated rings. The quantitative estimate of drug-likeness (QED) is 0.771. The molecule has 1 N–H and O–H groups in total. The second kappa shape index (κ2) is 5.54.